The van der Waals surface area contributed by atoms with Gasteiger partial charge in [-0.2, -0.15) is 0 Å². The highest BCUT2D eigenvalue weighted by Gasteiger charge is 2.36. The Bertz CT molecular complexity index is 1260. The minimum Gasteiger partial charge on any atom is -0.343 e. The predicted molar refractivity (Wildman–Crippen MR) is 124 cm³/mol. The van der Waals surface area contributed by atoms with Gasteiger partial charge in [-0.1, -0.05) is 50.8 Å². The summed E-state index contributed by atoms with van der Waals surface area (Å²) < 4.78 is 21.7. The number of rotatable bonds is 2. The summed E-state index contributed by atoms with van der Waals surface area (Å²) in [7, 11) is 0. The quantitative estimate of drug-likeness (QED) is 0.355. The molecule has 1 unspecified atom stereocenters. The first kappa shape index (κ1) is 20.1. The lowest BCUT2D eigenvalue weighted by molar-refractivity contribution is -0.0790. The lowest BCUT2D eigenvalue weighted by Crippen LogP contribution is -2.33. The minimum absolute atomic E-state index is 0.0447. The molecule has 2 aliphatic heterocycles. The maximum atomic E-state index is 14.5. The number of alkyl halides is 1. The van der Waals surface area contributed by atoms with Crippen molar-refractivity contribution in [2.24, 2.45) is 0 Å². The van der Waals surface area contributed by atoms with Crippen molar-refractivity contribution in [2.75, 3.05) is 0 Å². The van der Waals surface area contributed by atoms with Gasteiger partial charge in [-0.3, -0.25) is 4.79 Å². The first-order valence-electron chi connectivity index (χ1n) is 12.1. The Balaban J connectivity index is 1.59. The molecular formula is C27H29FN2O2. The zero-order valence-electron chi connectivity index (χ0n) is 18.6. The fourth-order valence-corrected chi connectivity index (χ4v) is 6.20. The Hall–Kier alpha value is -2.53. The van der Waals surface area contributed by atoms with Gasteiger partial charge >= 0.3 is 0 Å². The number of halogens is 1. The summed E-state index contributed by atoms with van der Waals surface area (Å²) in [4.78, 5) is 18.6. The van der Waals surface area contributed by atoms with E-state index in [1.165, 1.54) is 55.0 Å². The van der Waals surface area contributed by atoms with Crippen LogP contribution in [0.2, 0.25) is 0 Å². The Morgan fingerprint density at radius 2 is 1.91 bits per heavy atom. The topological polar surface area (TPSA) is 44.1 Å². The molecule has 32 heavy (non-hydrogen) atoms. The number of pyridine rings is 2. The third-order valence-corrected chi connectivity index (χ3v) is 7.84. The van der Waals surface area contributed by atoms with E-state index < -0.39 is 12.3 Å². The number of hydrogen-bond donors (Lipinski definition) is 0. The fourth-order valence-electron chi connectivity index (χ4n) is 6.20. The number of ether oxygens (including phenoxy) is 1. The second kappa shape index (κ2) is 7.80. The van der Waals surface area contributed by atoms with Gasteiger partial charge in [0.25, 0.3) is 5.56 Å². The monoisotopic (exact) mass is 432 g/mol. The van der Waals surface area contributed by atoms with Crippen LogP contribution in [0.15, 0.2) is 35.1 Å². The zero-order chi connectivity index (χ0) is 21.8. The standard InChI is InChI=1S/C27H29FN2O2/c1-2-17-19-13-23-25-20(14-30(23)27(31)21(19)15-32-26(17)28)24(16-9-5-3-4-6-10-16)18-11-7-8-12-22(18)29-25/h7-8,11-13,16-17,26H,2-6,9-10,14-15H2,1H3/t17?,26-/m1/s1. The number of benzene rings is 1. The van der Waals surface area contributed by atoms with Crippen LogP contribution in [-0.2, 0) is 17.9 Å². The predicted octanol–water partition coefficient (Wildman–Crippen LogP) is 6.18. The van der Waals surface area contributed by atoms with Gasteiger partial charge in [-0.05, 0) is 48.4 Å². The third-order valence-electron chi connectivity index (χ3n) is 7.84. The first-order valence-corrected chi connectivity index (χ1v) is 12.1. The average molecular weight is 433 g/mol. The summed E-state index contributed by atoms with van der Waals surface area (Å²) in [5.74, 6) is 0.101. The molecule has 0 spiro atoms. The lowest BCUT2D eigenvalue weighted by Gasteiger charge is -2.28. The first-order chi connectivity index (χ1) is 15.7. The molecule has 1 aliphatic carbocycles. The van der Waals surface area contributed by atoms with Crippen molar-refractivity contribution in [1.29, 1.82) is 0 Å². The van der Waals surface area contributed by atoms with Gasteiger partial charge in [-0.25, -0.2) is 9.37 Å². The van der Waals surface area contributed by atoms with E-state index in [1.54, 1.807) is 0 Å². The van der Waals surface area contributed by atoms with Gasteiger partial charge in [-0.15, -0.1) is 0 Å². The Morgan fingerprint density at radius 1 is 1.12 bits per heavy atom. The maximum Gasteiger partial charge on any atom is 0.257 e. The van der Waals surface area contributed by atoms with Gasteiger partial charge in [0.1, 0.15) is 0 Å². The SMILES string of the molecule is CCC1c2cc3n(c(=O)c2CO[C@H]1F)Cc1c-3nc2ccccc2c1C1CCCCCC1. The summed E-state index contributed by atoms with van der Waals surface area (Å²) in [5.41, 5.74) is 6.71. The molecular weight excluding hydrogens is 403 g/mol. The number of para-hydroxylation sites is 1. The number of nitrogens with zero attached hydrogens (tertiary/aromatic N) is 2. The van der Waals surface area contributed by atoms with Crippen molar-refractivity contribution < 1.29 is 9.13 Å². The van der Waals surface area contributed by atoms with Crippen LogP contribution in [0.25, 0.3) is 22.3 Å². The molecule has 2 aromatic heterocycles. The largest absolute Gasteiger partial charge is 0.343 e. The van der Waals surface area contributed by atoms with Crippen LogP contribution in [0.1, 0.15) is 86.0 Å². The summed E-state index contributed by atoms with van der Waals surface area (Å²) in [6.45, 7) is 2.55. The van der Waals surface area contributed by atoms with E-state index in [0.29, 0.717) is 24.4 Å². The van der Waals surface area contributed by atoms with E-state index in [2.05, 4.69) is 18.2 Å². The molecule has 166 valence electrons. The number of hydrogen-bond acceptors (Lipinski definition) is 3. The molecule has 3 aromatic rings. The molecule has 2 atom stereocenters. The zero-order valence-corrected chi connectivity index (χ0v) is 18.6. The lowest BCUT2D eigenvalue weighted by atomic mass is 9.85. The second-order valence-corrected chi connectivity index (χ2v) is 9.59. The minimum atomic E-state index is -1.36. The molecule has 0 N–H and O–H groups in total. The third kappa shape index (κ3) is 2.97. The van der Waals surface area contributed by atoms with E-state index in [-0.39, 0.29) is 12.2 Å². The Labute approximate surface area is 187 Å². The van der Waals surface area contributed by atoms with Gasteiger partial charge in [0.05, 0.1) is 30.1 Å². The second-order valence-electron chi connectivity index (χ2n) is 9.59. The van der Waals surface area contributed by atoms with Crippen molar-refractivity contribution in [2.45, 2.75) is 83.2 Å². The number of fused-ring (bicyclic) bond motifs is 5. The van der Waals surface area contributed by atoms with Crippen LogP contribution in [-0.4, -0.2) is 15.9 Å². The molecule has 0 saturated heterocycles. The molecule has 1 aromatic carbocycles. The molecule has 3 aliphatic rings. The summed E-state index contributed by atoms with van der Waals surface area (Å²) in [6.07, 6.45) is 6.74. The molecule has 1 fully saturated rings. The van der Waals surface area contributed by atoms with Gasteiger partial charge in [0.15, 0.2) is 0 Å². The molecule has 4 nitrogen and oxygen atoms in total. The molecule has 0 radical (unpaired) electrons. The van der Waals surface area contributed by atoms with E-state index in [9.17, 15) is 9.18 Å². The van der Waals surface area contributed by atoms with Crippen molar-refractivity contribution in [3.8, 4) is 11.4 Å². The fraction of sp³-hybridized carbons (Fsp3) is 0.481. The molecule has 0 amide bonds. The highest BCUT2D eigenvalue weighted by molar-refractivity contribution is 5.88. The van der Waals surface area contributed by atoms with E-state index >= 15 is 0 Å². The Kier molecular flexibility index (Phi) is 4.90. The average Bonchev–Trinajstić information content (AvgIpc) is 2.97. The van der Waals surface area contributed by atoms with E-state index in [1.807, 2.05) is 23.6 Å². The molecule has 0 bridgehead atoms. The van der Waals surface area contributed by atoms with Gasteiger partial charge in [0, 0.05) is 22.4 Å². The van der Waals surface area contributed by atoms with Crippen LogP contribution < -0.4 is 5.56 Å². The molecule has 4 heterocycles. The number of aromatic nitrogens is 2. The summed E-state index contributed by atoms with van der Waals surface area (Å²) in [6, 6.07) is 10.4. The van der Waals surface area contributed by atoms with Gasteiger partial charge < -0.3 is 9.30 Å². The van der Waals surface area contributed by atoms with Gasteiger partial charge in [0.2, 0.25) is 6.36 Å². The molecule has 6 rings (SSSR count). The summed E-state index contributed by atoms with van der Waals surface area (Å²) >= 11 is 0. The van der Waals surface area contributed by atoms with Crippen molar-refractivity contribution in [3.05, 3.63) is 62.9 Å². The van der Waals surface area contributed by atoms with Crippen molar-refractivity contribution in [1.82, 2.24) is 9.55 Å². The molecule has 1 saturated carbocycles. The van der Waals surface area contributed by atoms with E-state index in [4.69, 9.17) is 9.72 Å². The van der Waals surface area contributed by atoms with Crippen LogP contribution in [0.3, 0.4) is 0 Å². The van der Waals surface area contributed by atoms with Crippen molar-refractivity contribution in [3.63, 3.8) is 0 Å². The smallest absolute Gasteiger partial charge is 0.257 e. The molecule has 5 heteroatoms. The normalized spacial score (nSPS) is 22.9. The highest BCUT2D eigenvalue weighted by Crippen LogP contribution is 2.44. The van der Waals surface area contributed by atoms with Crippen LogP contribution in [0.5, 0.6) is 0 Å². The maximum absolute atomic E-state index is 14.5. The highest BCUT2D eigenvalue weighted by atomic mass is 19.1. The van der Waals surface area contributed by atoms with E-state index in [0.717, 1.165) is 22.5 Å². The van der Waals surface area contributed by atoms with Crippen LogP contribution >= 0.6 is 0 Å². The van der Waals surface area contributed by atoms with Crippen LogP contribution in [0.4, 0.5) is 4.39 Å². The Morgan fingerprint density at radius 3 is 2.69 bits per heavy atom. The van der Waals surface area contributed by atoms with Crippen molar-refractivity contribution >= 4 is 10.9 Å². The van der Waals surface area contributed by atoms with Crippen LogP contribution in [0, 0.1) is 0 Å². The summed E-state index contributed by atoms with van der Waals surface area (Å²) in [5, 5.41) is 1.22.